The Hall–Kier alpha value is -2.92. The van der Waals surface area contributed by atoms with Crippen molar-refractivity contribution in [3.8, 4) is 11.3 Å². The van der Waals surface area contributed by atoms with E-state index in [9.17, 15) is 18.0 Å². The number of amides is 1. The number of aliphatic carboxylic acids is 1. The van der Waals surface area contributed by atoms with Gasteiger partial charge in [-0.3, -0.25) is 9.59 Å². The summed E-state index contributed by atoms with van der Waals surface area (Å²) in [5, 5.41) is 10.2. The van der Waals surface area contributed by atoms with Crippen LogP contribution in [0.4, 0.5) is 0 Å². The number of carboxylic acid groups (broad SMARTS) is 1. The van der Waals surface area contributed by atoms with E-state index in [0.29, 0.717) is 62.4 Å². The molecule has 0 radical (unpaired) electrons. The lowest BCUT2D eigenvalue weighted by Gasteiger charge is -2.37. The number of aryl methyl sites for hydroxylation is 2. The highest BCUT2D eigenvalue weighted by atomic mass is 35.5. The molecule has 2 aromatic carbocycles. The summed E-state index contributed by atoms with van der Waals surface area (Å²) in [6.07, 6.45) is 3.03. The van der Waals surface area contributed by atoms with Gasteiger partial charge >= 0.3 is 5.97 Å². The van der Waals surface area contributed by atoms with Gasteiger partial charge in [-0.05, 0) is 68.4 Å². The highest BCUT2D eigenvalue weighted by molar-refractivity contribution is 7.89. The number of rotatable bonds is 8. The minimum absolute atomic E-state index is 0.0622. The molecule has 1 amide bonds. The summed E-state index contributed by atoms with van der Waals surface area (Å²) in [5.74, 6) is -0.769. The summed E-state index contributed by atoms with van der Waals surface area (Å²) >= 11 is 6.76. The highest BCUT2D eigenvalue weighted by Crippen LogP contribution is 2.38. The third-order valence-electron chi connectivity index (χ3n) is 8.32. The summed E-state index contributed by atoms with van der Waals surface area (Å²) in [5.41, 5.74) is 3.22. The van der Waals surface area contributed by atoms with E-state index in [4.69, 9.17) is 21.4 Å². The van der Waals surface area contributed by atoms with Crippen LogP contribution < -0.4 is 4.72 Å². The average molecular weight is 602 g/mol. The molecular weight excluding hydrogens is 566 g/mol. The van der Waals surface area contributed by atoms with Crippen LogP contribution in [0.3, 0.4) is 0 Å². The summed E-state index contributed by atoms with van der Waals surface area (Å²) in [6, 6.07) is 12.4. The zero-order chi connectivity index (χ0) is 29.3. The fourth-order valence-electron chi connectivity index (χ4n) is 5.97. The Kier molecular flexibility index (Phi) is 8.75. The van der Waals surface area contributed by atoms with Crippen LogP contribution in [0.2, 0.25) is 5.02 Å². The van der Waals surface area contributed by atoms with Gasteiger partial charge in [-0.1, -0.05) is 35.9 Å². The molecule has 41 heavy (non-hydrogen) atoms. The zero-order valence-corrected chi connectivity index (χ0v) is 24.9. The second-order valence-corrected chi connectivity index (χ2v) is 13.2. The molecule has 1 aliphatic carbocycles. The molecule has 2 heterocycles. The van der Waals surface area contributed by atoms with Crippen molar-refractivity contribution >= 4 is 44.4 Å². The largest absolute Gasteiger partial charge is 0.481 e. The normalized spacial score (nSPS) is 21.7. The average Bonchev–Trinajstić information content (AvgIpc) is 3.21. The third kappa shape index (κ3) is 6.30. The number of nitrogens with zero attached hydrogens (tertiary/aromatic N) is 2. The first kappa shape index (κ1) is 29.6. The lowest BCUT2D eigenvalue weighted by molar-refractivity contribution is -0.144. The number of hydrogen-bond acceptors (Lipinski definition) is 5. The Labute approximate surface area is 245 Å². The lowest BCUT2D eigenvalue weighted by atomic mass is 9.85. The van der Waals surface area contributed by atoms with Gasteiger partial charge in [0.1, 0.15) is 0 Å². The van der Waals surface area contributed by atoms with Crippen molar-refractivity contribution in [2.45, 2.75) is 62.4 Å². The van der Waals surface area contributed by atoms with Crippen molar-refractivity contribution in [2.24, 2.45) is 13.0 Å². The van der Waals surface area contributed by atoms with Gasteiger partial charge in [-0.25, -0.2) is 13.1 Å². The van der Waals surface area contributed by atoms with Crippen molar-refractivity contribution in [1.29, 1.82) is 0 Å². The van der Waals surface area contributed by atoms with Crippen molar-refractivity contribution in [2.75, 3.05) is 19.8 Å². The number of nitrogens with one attached hydrogen (secondary N) is 1. The predicted molar refractivity (Wildman–Crippen MR) is 157 cm³/mol. The second kappa shape index (κ2) is 12.1. The summed E-state index contributed by atoms with van der Waals surface area (Å²) < 4.78 is 37.0. The number of benzene rings is 2. The fourth-order valence-corrected chi connectivity index (χ4v) is 7.69. The van der Waals surface area contributed by atoms with Crippen molar-refractivity contribution in [3.05, 3.63) is 53.1 Å². The van der Waals surface area contributed by atoms with Crippen LogP contribution in [0, 0.1) is 5.92 Å². The minimum Gasteiger partial charge on any atom is -0.481 e. The Morgan fingerprint density at radius 2 is 1.80 bits per heavy atom. The molecule has 2 fully saturated rings. The molecule has 0 spiro atoms. The number of morpholine rings is 1. The Morgan fingerprint density at radius 3 is 2.46 bits per heavy atom. The summed E-state index contributed by atoms with van der Waals surface area (Å²) in [6.45, 7) is 3.72. The van der Waals surface area contributed by atoms with Crippen LogP contribution in [0.5, 0.6) is 0 Å². The van der Waals surface area contributed by atoms with E-state index in [1.165, 1.54) is 0 Å². The van der Waals surface area contributed by atoms with Crippen molar-refractivity contribution in [1.82, 2.24) is 14.2 Å². The van der Waals surface area contributed by atoms with E-state index in [-0.39, 0.29) is 35.2 Å². The number of ether oxygens (including phenoxy) is 1. The molecule has 5 rings (SSSR count). The number of sulfonamides is 1. The van der Waals surface area contributed by atoms with Gasteiger partial charge in [0.15, 0.2) is 0 Å². The molecule has 9 nitrogen and oxygen atoms in total. The van der Waals surface area contributed by atoms with E-state index < -0.39 is 16.0 Å². The third-order valence-corrected chi connectivity index (χ3v) is 10.2. The van der Waals surface area contributed by atoms with Crippen LogP contribution >= 0.6 is 11.6 Å². The Bertz CT molecular complexity index is 1540. The molecule has 2 N–H and O–H groups in total. The highest BCUT2D eigenvalue weighted by Gasteiger charge is 2.34. The van der Waals surface area contributed by atoms with E-state index in [1.807, 2.05) is 47.7 Å². The molecule has 1 unspecified atom stereocenters. The molecule has 3 aromatic rings. The molecule has 1 aliphatic heterocycles. The van der Waals surface area contributed by atoms with Crippen LogP contribution in [-0.2, 0) is 37.8 Å². The molecule has 2 aliphatic rings. The van der Waals surface area contributed by atoms with Crippen LogP contribution in [0.1, 0.15) is 44.6 Å². The van der Waals surface area contributed by atoms with Gasteiger partial charge in [-0.2, -0.15) is 0 Å². The topological polar surface area (TPSA) is 118 Å². The van der Waals surface area contributed by atoms with Crippen molar-refractivity contribution < 1.29 is 27.9 Å². The number of carbonyl (C=O) groups is 2. The van der Waals surface area contributed by atoms with E-state index in [2.05, 4.69) is 4.72 Å². The minimum atomic E-state index is -3.79. The lowest BCUT2D eigenvalue weighted by Crippen LogP contribution is -2.50. The molecule has 11 heteroatoms. The molecule has 1 aromatic heterocycles. The summed E-state index contributed by atoms with van der Waals surface area (Å²) in [4.78, 5) is 26.0. The van der Waals surface area contributed by atoms with E-state index >= 15 is 0 Å². The van der Waals surface area contributed by atoms with Gasteiger partial charge in [0.2, 0.25) is 15.9 Å². The quantitative estimate of drug-likeness (QED) is 0.390. The molecule has 220 valence electrons. The first-order valence-electron chi connectivity index (χ1n) is 14.0. The maximum Gasteiger partial charge on any atom is 0.303 e. The van der Waals surface area contributed by atoms with Gasteiger partial charge < -0.3 is 19.3 Å². The molecule has 1 saturated carbocycles. The first-order valence-corrected chi connectivity index (χ1v) is 15.9. The summed E-state index contributed by atoms with van der Waals surface area (Å²) in [7, 11) is -1.94. The number of halogens is 1. The van der Waals surface area contributed by atoms with Gasteiger partial charge in [-0.15, -0.1) is 0 Å². The van der Waals surface area contributed by atoms with Crippen LogP contribution in [0.15, 0.2) is 47.4 Å². The number of hydrogen-bond donors (Lipinski definition) is 2. The Balaban J connectivity index is 1.28. The van der Waals surface area contributed by atoms with E-state index in [1.54, 1.807) is 18.2 Å². The number of aromatic nitrogens is 1. The number of carbonyl (C=O) groups excluding carboxylic acids is 1. The first-order chi connectivity index (χ1) is 19.5. The predicted octanol–water partition coefficient (Wildman–Crippen LogP) is 4.60. The SMILES string of the molecule is CC1COCCN1C(=O)C1CCC(NS(=O)(=O)c2ccc3c(Cl)c(-c4ccc(CCC(=O)O)cc4)n(C)c3c2)CC1. The van der Waals surface area contributed by atoms with Gasteiger partial charge in [0.25, 0.3) is 0 Å². The second-order valence-electron chi connectivity index (χ2n) is 11.1. The molecule has 0 bridgehead atoms. The van der Waals surface area contributed by atoms with Gasteiger partial charge in [0, 0.05) is 37.4 Å². The van der Waals surface area contributed by atoms with Crippen LogP contribution in [0.25, 0.3) is 22.2 Å². The van der Waals surface area contributed by atoms with Crippen molar-refractivity contribution in [3.63, 3.8) is 0 Å². The van der Waals surface area contributed by atoms with Gasteiger partial charge in [0.05, 0.1) is 40.4 Å². The number of fused-ring (bicyclic) bond motifs is 1. The standard InChI is InChI=1S/C30H36ClN3O6S/c1-19-18-40-16-15-34(19)30(37)22-8-10-23(11-9-22)32-41(38,39)24-12-13-25-26(17-24)33(2)29(28(25)31)21-6-3-20(4-7-21)5-14-27(35)36/h3-4,6-7,12-13,17,19,22-23,32H,5,8-11,14-16,18H2,1-2H3,(H,35,36). The fraction of sp³-hybridized carbons (Fsp3) is 0.467. The number of carboxylic acids is 1. The maximum atomic E-state index is 13.4. The maximum absolute atomic E-state index is 13.4. The zero-order valence-electron chi connectivity index (χ0n) is 23.3. The molecule has 1 saturated heterocycles. The Morgan fingerprint density at radius 1 is 1.10 bits per heavy atom. The smallest absolute Gasteiger partial charge is 0.303 e. The van der Waals surface area contributed by atoms with E-state index in [0.717, 1.165) is 22.2 Å². The molecular formula is C30H36ClN3O6S. The van der Waals surface area contributed by atoms with Crippen LogP contribution in [-0.4, -0.2) is 66.7 Å². The molecule has 1 atom stereocenters. The monoisotopic (exact) mass is 601 g/mol.